The van der Waals surface area contributed by atoms with Gasteiger partial charge in [0.15, 0.2) is 8.24 Å². The lowest BCUT2D eigenvalue weighted by Gasteiger charge is -2.46. The van der Waals surface area contributed by atoms with E-state index in [1.165, 1.54) is 47.0 Å². The van der Waals surface area contributed by atoms with Gasteiger partial charge in [0.1, 0.15) is 0 Å². The lowest BCUT2D eigenvalue weighted by molar-refractivity contribution is 0.267. The maximum absolute atomic E-state index is 2.98. The summed E-state index contributed by atoms with van der Waals surface area (Å²) in [6.07, 6.45) is 4.64. The Labute approximate surface area is 245 Å². The van der Waals surface area contributed by atoms with E-state index in [1.807, 2.05) is 0 Å². The van der Waals surface area contributed by atoms with Gasteiger partial charge in [0.25, 0.3) is 0 Å². The number of benzene rings is 2. The summed E-state index contributed by atoms with van der Waals surface area (Å²) >= 11 is 0. The highest BCUT2D eigenvalue weighted by Gasteiger charge is 2.48. The predicted molar refractivity (Wildman–Crippen MR) is 177 cm³/mol. The fraction of sp³-hybridized carbons (Fsp3) is 0.600. The largest absolute Gasteiger partial charge is 0.370 e. The van der Waals surface area contributed by atoms with Crippen molar-refractivity contribution < 1.29 is 0 Å². The molecular weight excluding hydrogens is 504 g/mol. The molecule has 5 rings (SSSR count). The molecule has 0 radical (unpaired) electrons. The van der Waals surface area contributed by atoms with E-state index in [9.17, 15) is 0 Å². The third-order valence-corrected chi connectivity index (χ3v) is 17.3. The zero-order chi connectivity index (χ0) is 28.8. The molecule has 0 amide bonds. The predicted octanol–water partition coefficient (Wildman–Crippen LogP) is 7.43. The number of rotatable bonds is 8. The van der Waals surface area contributed by atoms with Crippen molar-refractivity contribution in [3.8, 4) is 0 Å². The molecular formula is C35H54N4Si. The maximum atomic E-state index is 2.98. The SMILES string of the molecule is CC(C)[Si](C(C)C)(C(C)C)n1c2c(c3cc(Cc4ccc(N5CCN(C)CC5)cc4)ccc31)CC(N(C)C)CC2. The molecule has 2 aromatic carbocycles. The molecule has 218 valence electrons. The summed E-state index contributed by atoms with van der Waals surface area (Å²) in [7, 11) is 4.89. The Morgan fingerprint density at radius 3 is 2.00 bits per heavy atom. The topological polar surface area (TPSA) is 14.7 Å². The second-order valence-corrected chi connectivity index (χ2v) is 19.6. The van der Waals surface area contributed by atoms with Crippen LogP contribution in [0.1, 0.15) is 70.3 Å². The number of hydrogen-bond donors (Lipinski definition) is 0. The maximum Gasteiger partial charge on any atom is 0.169 e. The highest BCUT2D eigenvalue weighted by molar-refractivity contribution is 6.82. The minimum atomic E-state index is -1.87. The number of piperazine rings is 1. The van der Waals surface area contributed by atoms with Crippen molar-refractivity contribution in [1.82, 2.24) is 14.0 Å². The molecule has 1 atom stereocenters. The molecule has 2 heterocycles. The van der Waals surface area contributed by atoms with E-state index in [2.05, 4.69) is 124 Å². The molecule has 1 aliphatic carbocycles. The van der Waals surface area contributed by atoms with Crippen LogP contribution in [0.25, 0.3) is 10.9 Å². The smallest absolute Gasteiger partial charge is 0.169 e. The Kier molecular flexibility index (Phi) is 8.57. The van der Waals surface area contributed by atoms with Crippen LogP contribution in [0.4, 0.5) is 5.69 Å². The van der Waals surface area contributed by atoms with E-state index in [0.29, 0.717) is 22.7 Å². The second-order valence-electron chi connectivity index (χ2n) is 14.0. The summed E-state index contributed by atoms with van der Waals surface area (Å²) in [4.78, 5) is 7.40. The Bertz CT molecular complexity index is 1270. The van der Waals surface area contributed by atoms with Crippen LogP contribution in [0, 0.1) is 0 Å². The fourth-order valence-electron chi connectivity index (χ4n) is 8.48. The van der Waals surface area contributed by atoms with Gasteiger partial charge in [0, 0.05) is 54.5 Å². The minimum Gasteiger partial charge on any atom is -0.370 e. The molecule has 1 unspecified atom stereocenters. The number of anilines is 1. The second kappa shape index (κ2) is 11.7. The van der Waals surface area contributed by atoms with Crippen LogP contribution in [0.2, 0.25) is 16.6 Å². The summed E-state index contributed by atoms with van der Waals surface area (Å²) in [5.41, 5.74) is 11.1. The quantitative estimate of drug-likeness (QED) is 0.267. The molecule has 1 aromatic heterocycles. The molecule has 1 saturated heterocycles. The van der Waals surface area contributed by atoms with E-state index in [1.54, 1.807) is 11.3 Å². The van der Waals surface area contributed by atoms with Crippen molar-refractivity contribution >= 4 is 24.8 Å². The highest BCUT2D eigenvalue weighted by Crippen LogP contribution is 2.47. The molecule has 4 nitrogen and oxygen atoms in total. The molecule has 5 heteroatoms. The molecule has 0 spiro atoms. The Morgan fingerprint density at radius 1 is 0.825 bits per heavy atom. The van der Waals surface area contributed by atoms with Gasteiger partial charge in [-0.25, -0.2) is 0 Å². The van der Waals surface area contributed by atoms with Crippen molar-refractivity contribution in [2.24, 2.45) is 0 Å². The van der Waals surface area contributed by atoms with Gasteiger partial charge >= 0.3 is 0 Å². The van der Waals surface area contributed by atoms with Crippen molar-refractivity contribution in [3.63, 3.8) is 0 Å². The molecule has 1 fully saturated rings. The van der Waals surface area contributed by atoms with Gasteiger partial charge < -0.3 is 18.9 Å². The van der Waals surface area contributed by atoms with E-state index in [-0.39, 0.29) is 0 Å². The van der Waals surface area contributed by atoms with E-state index in [0.717, 1.165) is 32.6 Å². The Balaban J connectivity index is 1.54. The van der Waals surface area contributed by atoms with E-state index >= 15 is 0 Å². The normalized spacial score (nSPS) is 19.0. The molecule has 0 saturated carbocycles. The van der Waals surface area contributed by atoms with Crippen LogP contribution in [-0.2, 0) is 19.3 Å². The van der Waals surface area contributed by atoms with Crippen LogP contribution < -0.4 is 4.90 Å². The summed E-state index contributed by atoms with van der Waals surface area (Å²) in [6, 6.07) is 17.5. The number of aromatic nitrogens is 1. The summed E-state index contributed by atoms with van der Waals surface area (Å²) in [5.74, 6) is 0. The van der Waals surface area contributed by atoms with Crippen molar-refractivity contribution in [2.45, 2.75) is 89.9 Å². The molecule has 0 bridgehead atoms. The van der Waals surface area contributed by atoms with Gasteiger partial charge in [-0.2, -0.15) is 0 Å². The average Bonchev–Trinajstić information content (AvgIpc) is 3.23. The molecule has 0 N–H and O–H groups in total. The first-order chi connectivity index (χ1) is 19.0. The first-order valence-corrected chi connectivity index (χ1v) is 18.1. The zero-order valence-corrected chi connectivity index (χ0v) is 27.8. The highest BCUT2D eigenvalue weighted by atomic mass is 28.3. The first kappa shape index (κ1) is 29.4. The van der Waals surface area contributed by atoms with Crippen LogP contribution in [0.3, 0.4) is 0 Å². The Morgan fingerprint density at radius 2 is 1.43 bits per heavy atom. The van der Waals surface area contributed by atoms with E-state index in [4.69, 9.17) is 0 Å². The van der Waals surface area contributed by atoms with Crippen LogP contribution >= 0.6 is 0 Å². The lowest BCUT2D eigenvalue weighted by atomic mass is 9.90. The molecule has 1 aliphatic heterocycles. The monoisotopic (exact) mass is 558 g/mol. The molecule has 40 heavy (non-hydrogen) atoms. The first-order valence-electron chi connectivity index (χ1n) is 15.9. The van der Waals surface area contributed by atoms with Gasteiger partial charge in [-0.15, -0.1) is 0 Å². The summed E-state index contributed by atoms with van der Waals surface area (Å²) < 4.78 is 2.98. The van der Waals surface area contributed by atoms with Crippen molar-refractivity contribution in [1.29, 1.82) is 0 Å². The third-order valence-electron chi connectivity index (χ3n) is 10.5. The Hall–Kier alpha value is -2.08. The summed E-state index contributed by atoms with van der Waals surface area (Å²) in [5, 5.41) is 1.53. The number of fused-ring (bicyclic) bond motifs is 3. The summed E-state index contributed by atoms with van der Waals surface area (Å²) in [6.45, 7) is 19.6. The van der Waals surface area contributed by atoms with Gasteiger partial charge in [0.2, 0.25) is 0 Å². The van der Waals surface area contributed by atoms with Gasteiger partial charge in [0.05, 0.1) is 0 Å². The van der Waals surface area contributed by atoms with E-state index < -0.39 is 8.24 Å². The third kappa shape index (κ3) is 5.18. The minimum absolute atomic E-state index is 0.630. The number of hydrogen-bond acceptors (Lipinski definition) is 3. The van der Waals surface area contributed by atoms with Crippen LogP contribution in [0.5, 0.6) is 0 Å². The van der Waals surface area contributed by atoms with Crippen molar-refractivity contribution in [2.75, 3.05) is 52.2 Å². The average molecular weight is 559 g/mol. The lowest BCUT2D eigenvalue weighted by Crippen LogP contribution is -2.53. The number of likely N-dealkylation sites (N-methyl/N-ethyl adjacent to an activating group) is 2. The fourth-order valence-corrected chi connectivity index (χ4v) is 15.4. The number of nitrogens with zero attached hydrogens (tertiary/aromatic N) is 4. The molecule has 3 aromatic rings. The standard InChI is InChI=1S/C35H54N4Si/c1-25(2)40(26(3)4,27(5)6)39-34-16-12-29(23-32(34)33-24-31(36(7)8)15-17-35(33)39)22-28-10-13-30(14-11-28)38-20-18-37(9)19-21-38/h10-14,16,23,25-27,31H,15,17-22,24H2,1-9H3. The van der Waals surface area contributed by atoms with Crippen LogP contribution in [-0.4, -0.2) is 75.6 Å². The van der Waals surface area contributed by atoms with Gasteiger partial charge in [-0.1, -0.05) is 59.7 Å². The zero-order valence-electron chi connectivity index (χ0n) is 26.8. The molecule has 2 aliphatic rings. The van der Waals surface area contributed by atoms with Gasteiger partial charge in [-0.05, 0) is 104 Å². The van der Waals surface area contributed by atoms with Crippen LogP contribution in [0.15, 0.2) is 42.5 Å². The van der Waals surface area contributed by atoms with Gasteiger partial charge in [-0.3, -0.25) is 0 Å². The van der Waals surface area contributed by atoms with Crippen molar-refractivity contribution in [3.05, 3.63) is 64.8 Å².